The quantitative estimate of drug-likeness (QED) is 0.405. The van der Waals surface area contributed by atoms with Gasteiger partial charge in [0.05, 0.1) is 12.7 Å². The molecule has 5 rings (SSSR count). The number of rotatable bonds is 7. The lowest BCUT2D eigenvalue weighted by Crippen LogP contribution is -2.38. The van der Waals surface area contributed by atoms with E-state index in [0.29, 0.717) is 0 Å². The molecular formula is C28H26N2O5. The molecule has 7 heteroatoms. The van der Waals surface area contributed by atoms with E-state index < -0.39 is 35.3 Å². The first-order chi connectivity index (χ1) is 17.1. The van der Waals surface area contributed by atoms with Crippen molar-refractivity contribution in [2.24, 2.45) is 0 Å². The van der Waals surface area contributed by atoms with E-state index in [9.17, 15) is 14.7 Å². The first-order valence-corrected chi connectivity index (χ1v) is 11.5. The molecule has 0 unspecified atom stereocenters. The molecule has 0 aliphatic carbocycles. The molecule has 1 aromatic heterocycles. The van der Waals surface area contributed by atoms with E-state index in [1.165, 1.54) is 16.8 Å². The Morgan fingerprint density at radius 3 is 1.86 bits per heavy atom. The number of hydrogen-bond acceptors (Lipinski definition) is 5. The second-order valence-corrected chi connectivity index (χ2v) is 8.54. The summed E-state index contributed by atoms with van der Waals surface area (Å²) in [6.07, 6.45) is -0.644. The van der Waals surface area contributed by atoms with Gasteiger partial charge in [0.25, 0.3) is 5.56 Å². The maximum atomic E-state index is 12.2. The Balaban J connectivity index is 1.50. The minimum Gasteiger partial charge on any atom is -0.390 e. The molecule has 2 N–H and O–H groups in total. The third kappa shape index (κ3) is 4.49. The van der Waals surface area contributed by atoms with E-state index in [0.717, 1.165) is 16.7 Å². The van der Waals surface area contributed by atoms with Crippen LogP contribution in [-0.4, -0.2) is 33.5 Å². The molecule has 178 valence electrons. The molecule has 2 heterocycles. The molecule has 0 amide bonds. The Morgan fingerprint density at radius 2 is 1.37 bits per heavy atom. The van der Waals surface area contributed by atoms with Gasteiger partial charge in [-0.1, -0.05) is 91.0 Å². The molecule has 35 heavy (non-hydrogen) atoms. The lowest BCUT2D eigenvalue weighted by molar-refractivity contribution is -0.0944. The fourth-order valence-corrected chi connectivity index (χ4v) is 4.67. The molecule has 1 saturated heterocycles. The minimum atomic E-state index is -0.945. The summed E-state index contributed by atoms with van der Waals surface area (Å²) in [4.78, 5) is 25.9. The number of aliphatic hydroxyl groups is 1. The molecule has 0 radical (unpaired) electrons. The zero-order valence-corrected chi connectivity index (χ0v) is 19.0. The molecule has 1 aliphatic heterocycles. The number of aromatic nitrogens is 2. The monoisotopic (exact) mass is 470 g/mol. The topological polar surface area (TPSA) is 93.6 Å². The number of aromatic amines is 1. The third-order valence-electron chi connectivity index (χ3n) is 6.37. The first-order valence-electron chi connectivity index (χ1n) is 11.5. The second-order valence-electron chi connectivity index (χ2n) is 8.54. The van der Waals surface area contributed by atoms with Gasteiger partial charge in [-0.3, -0.25) is 14.3 Å². The molecule has 7 nitrogen and oxygen atoms in total. The minimum absolute atomic E-state index is 0.0778. The first kappa shape index (κ1) is 23.0. The SMILES string of the molecule is O=c1ccn([C@H]2C[C@@H](O)[C@@H](COC(c3ccccc3)(c3ccccc3)c3ccccc3)O2)c(=O)[nH]1. The molecular weight excluding hydrogens is 444 g/mol. The Kier molecular flexibility index (Phi) is 6.46. The summed E-state index contributed by atoms with van der Waals surface area (Å²) in [6.45, 7) is 0.0778. The van der Waals surface area contributed by atoms with Crippen molar-refractivity contribution >= 4 is 0 Å². The molecule has 0 bridgehead atoms. The van der Waals surface area contributed by atoms with Crippen LogP contribution in [0.1, 0.15) is 29.3 Å². The van der Waals surface area contributed by atoms with Gasteiger partial charge in [-0.2, -0.15) is 0 Å². The van der Waals surface area contributed by atoms with Crippen molar-refractivity contribution in [3.05, 3.63) is 141 Å². The zero-order chi connectivity index (χ0) is 24.3. The maximum Gasteiger partial charge on any atom is 0.330 e. The highest BCUT2D eigenvalue weighted by Gasteiger charge is 2.41. The maximum absolute atomic E-state index is 12.2. The Labute approximate surface area is 202 Å². The van der Waals surface area contributed by atoms with E-state index in [4.69, 9.17) is 9.47 Å². The van der Waals surface area contributed by atoms with Gasteiger partial charge in [0, 0.05) is 18.7 Å². The van der Waals surface area contributed by atoms with Gasteiger partial charge in [0.2, 0.25) is 0 Å². The van der Waals surface area contributed by atoms with E-state index in [1.807, 2.05) is 91.0 Å². The van der Waals surface area contributed by atoms with E-state index >= 15 is 0 Å². The highest BCUT2D eigenvalue weighted by molar-refractivity contribution is 5.47. The number of hydrogen-bond donors (Lipinski definition) is 2. The lowest BCUT2D eigenvalue weighted by Gasteiger charge is -2.37. The van der Waals surface area contributed by atoms with Crippen LogP contribution in [0.25, 0.3) is 0 Å². The van der Waals surface area contributed by atoms with Crippen LogP contribution in [-0.2, 0) is 15.1 Å². The summed E-state index contributed by atoms with van der Waals surface area (Å²) in [5.41, 5.74) is 0.821. The molecule has 1 fully saturated rings. The number of nitrogens with zero attached hydrogens (tertiary/aromatic N) is 1. The predicted molar refractivity (Wildman–Crippen MR) is 131 cm³/mol. The van der Waals surface area contributed by atoms with Crippen molar-refractivity contribution in [3.63, 3.8) is 0 Å². The highest BCUT2D eigenvalue weighted by Crippen LogP contribution is 2.41. The number of H-pyrrole nitrogens is 1. The van der Waals surface area contributed by atoms with Crippen LogP contribution in [0.4, 0.5) is 0 Å². The van der Waals surface area contributed by atoms with Crippen LogP contribution in [0.5, 0.6) is 0 Å². The van der Waals surface area contributed by atoms with Crippen LogP contribution in [0.3, 0.4) is 0 Å². The largest absolute Gasteiger partial charge is 0.390 e. The van der Waals surface area contributed by atoms with Crippen LogP contribution >= 0.6 is 0 Å². The van der Waals surface area contributed by atoms with Crippen molar-refractivity contribution < 1.29 is 14.6 Å². The fraction of sp³-hybridized carbons (Fsp3) is 0.214. The summed E-state index contributed by atoms with van der Waals surface area (Å²) in [7, 11) is 0. The second kappa shape index (κ2) is 9.84. The summed E-state index contributed by atoms with van der Waals surface area (Å²) < 4.78 is 14.1. The van der Waals surface area contributed by atoms with Gasteiger partial charge in [-0.15, -0.1) is 0 Å². The number of benzene rings is 3. The summed E-state index contributed by atoms with van der Waals surface area (Å²) >= 11 is 0. The van der Waals surface area contributed by atoms with Gasteiger partial charge in [-0.05, 0) is 16.7 Å². The van der Waals surface area contributed by atoms with Gasteiger partial charge in [0.15, 0.2) is 0 Å². The smallest absolute Gasteiger partial charge is 0.330 e. The normalized spacial score (nSPS) is 20.1. The molecule has 4 aromatic rings. The van der Waals surface area contributed by atoms with Crippen molar-refractivity contribution in [1.29, 1.82) is 0 Å². The van der Waals surface area contributed by atoms with Gasteiger partial charge in [0.1, 0.15) is 17.9 Å². The third-order valence-corrected chi connectivity index (χ3v) is 6.37. The fourth-order valence-electron chi connectivity index (χ4n) is 4.67. The average Bonchev–Trinajstić information content (AvgIpc) is 3.26. The van der Waals surface area contributed by atoms with E-state index in [1.54, 1.807) is 0 Å². The zero-order valence-electron chi connectivity index (χ0n) is 19.0. The van der Waals surface area contributed by atoms with Crippen LogP contribution < -0.4 is 11.2 Å². The van der Waals surface area contributed by atoms with Crippen LogP contribution in [0.15, 0.2) is 113 Å². The number of ether oxygens (including phenoxy) is 2. The highest BCUT2D eigenvalue weighted by atomic mass is 16.6. The van der Waals surface area contributed by atoms with E-state index in [-0.39, 0.29) is 13.0 Å². The van der Waals surface area contributed by atoms with Gasteiger partial charge < -0.3 is 14.6 Å². The van der Waals surface area contributed by atoms with Crippen molar-refractivity contribution in [2.75, 3.05) is 6.61 Å². The van der Waals surface area contributed by atoms with Gasteiger partial charge >= 0.3 is 5.69 Å². The molecule has 0 saturated carbocycles. The number of nitrogens with one attached hydrogen (secondary N) is 1. The van der Waals surface area contributed by atoms with Crippen LogP contribution in [0, 0.1) is 0 Å². The average molecular weight is 471 g/mol. The lowest BCUT2D eigenvalue weighted by atomic mass is 9.80. The Morgan fingerprint density at radius 1 is 0.857 bits per heavy atom. The van der Waals surface area contributed by atoms with Crippen molar-refractivity contribution in [3.8, 4) is 0 Å². The summed E-state index contributed by atoms with van der Waals surface area (Å²) in [5, 5.41) is 10.8. The number of aliphatic hydroxyl groups excluding tert-OH is 1. The van der Waals surface area contributed by atoms with Crippen LogP contribution in [0.2, 0.25) is 0 Å². The standard InChI is InChI=1S/C28H26N2O5/c31-23-18-26(30-17-16-25(32)29-27(30)33)35-24(23)19-34-28(20-10-4-1-5-11-20,21-12-6-2-7-13-21)22-14-8-3-9-15-22/h1-17,23-24,26,31H,18-19H2,(H,29,32,33)/t23-,24-,26-/m1/s1. The van der Waals surface area contributed by atoms with Crippen molar-refractivity contribution in [1.82, 2.24) is 9.55 Å². The Hall–Kier alpha value is -3.78. The van der Waals surface area contributed by atoms with Gasteiger partial charge in [-0.25, -0.2) is 4.79 Å². The summed E-state index contributed by atoms with van der Waals surface area (Å²) in [5.74, 6) is 0. The van der Waals surface area contributed by atoms with E-state index in [2.05, 4.69) is 4.98 Å². The molecule has 3 atom stereocenters. The molecule has 3 aromatic carbocycles. The molecule has 0 spiro atoms. The summed E-state index contributed by atoms with van der Waals surface area (Å²) in [6, 6.07) is 31.1. The Bertz CT molecular complexity index is 1270. The molecule has 1 aliphatic rings. The predicted octanol–water partition coefficient (Wildman–Crippen LogP) is 3.19. The van der Waals surface area contributed by atoms with Crippen molar-refractivity contribution in [2.45, 2.75) is 30.5 Å².